The molecule has 0 N–H and O–H groups in total. The lowest BCUT2D eigenvalue weighted by Gasteiger charge is -2.45. The number of benzene rings is 1. The zero-order valence-electron chi connectivity index (χ0n) is 22.6. The second-order valence-corrected chi connectivity index (χ2v) is 11.5. The van der Waals surface area contributed by atoms with E-state index in [0.717, 1.165) is 49.4 Å². The third-order valence-corrected chi connectivity index (χ3v) is 9.30. The number of rotatable bonds is 9. The average molecular weight is 515 g/mol. The van der Waals surface area contributed by atoms with Crippen LogP contribution in [0, 0.1) is 47.1 Å². The molecule has 5 heteroatoms. The molecule has 1 aromatic carbocycles. The minimum atomic E-state index is -1.17. The predicted molar refractivity (Wildman–Crippen MR) is 143 cm³/mol. The predicted octanol–water partition coefficient (Wildman–Crippen LogP) is 8.82. The van der Waals surface area contributed by atoms with Crippen LogP contribution in [0.4, 0.5) is 8.78 Å². The van der Waals surface area contributed by atoms with Crippen molar-refractivity contribution in [3.63, 3.8) is 0 Å². The highest BCUT2D eigenvalue weighted by Gasteiger charge is 2.39. The lowest BCUT2D eigenvalue weighted by molar-refractivity contribution is -0.140. The van der Waals surface area contributed by atoms with Gasteiger partial charge >= 0.3 is 5.97 Å². The molecule has 0 heterocycles. The topological polar surface area (TPSA) is 35.5 Å². The summed E-state index contributed by atoms with van der Waals surface area (Å²) in [7, 11) is 0. The first kappa shape index (κ1) is 27.9. The Kier molecular flexibility index (Phi) is 10.2. The summed E-state index contributed by atoms with van der Waals surface area (Å²) in [5.74, 6) is 0.650. The van der Waals surface area contributed by atoms with Gasteiger partial charge in [-0.25, -0.2) is 0 Å². The van der Waals surface area contributed by atoms with Gasteiger partial charge in [0.05, 0.1) is 5.92 Å². The molecule has 3 aliphatic rings. The summed E-state index contributed by atoms with van der Waals surface area (Å²) >= 11 is 0. The monoisotopic (exact) mass is 514 g/mol. The Morgan fingerprint density at radius 3 is 2.14 bits per heavy atom. The van der Waals surface area contributed by atoms with Crippen molar-refractivity contribution >= 4 is 5.97 Å². The van der Waals surface area contributed by atoms with Crippen molar-refractivity contribution in [2.75, 3.05) is 6.61 Å². The van der Waals surface area contributed by atoms with Crippen LogP contribution in [0.5, 0.6) is 11.5 Å². The van der Waals surface area contributed by atoms with Crippen LogP contribution in [0.1, 0.15) is 90.9 Å². The van der Waals surface area contributed by atoms with Crippen molar-refractivity contribution in [2.45, 2.75) is 90.9 Å². The summed E-state index contributed by atoms with van der Waals surface area (Å²) in [6.07, 6.45) is 22.4. The number of esters is 1. The van der Waals surface area contributed by atoms with Crippen LogP contribution in [-0.2, 0) is 4.79 Å². The third kappa shape index (κ3) is 7.23. The highest BCUT2D eigenvalue weighted by Crippen LogP contribution is 2.49. The molecule has 0 spiro atoms. The Labute approximate surface area is 221 Å². The van der Waals surface area contributed by atoms with Crippen LogP contribution in [0.15, 0.2) is 36.4 Å². The van der Waals surface area contributed by atoms with Crippen LogP contribution >= 0.6 is 0 Å². The molecule has 0 bridgehead atoms. The smallest absolute Gasteiger partial charge is 0.314 e. The van der Waals surface area contributed by atoms with E-state index < -0.39 is 17.6 Å². The molecule has 0 aliphatic heterocycles. The second kappa shape index (κ2) is 13.6. The molecule has 4 rings (SSSR count). The third-order valence-electron chi connectivity index (χ3n) is 9.30. The molecule has 3 fully saturated rings. The molecule has 0 aromatic heterocycles. The van der Waals surface area contributed by atoms with Gasteiger partial charge in [-0.3, -0.25) is 4.79 Å². The highest BCUT2D eigenvalue weighted by molar-refractivity contribution is 5.75. The van der Waals surface area contributed by atoms with Crippen LogP contribution < -0.4 is 9.47 Å². The van der Waals surface area contributed by atoms with E-state index in [2.05, 4.69) is 19.1 Å². The van der Waals surface area contributed by atoms with Gasteiger partial charge in [-0.05, 0) is 126 Å². The van der Waals surface area contributed by atoms with Crippen LogP contribution in [-0.4, -0.2) is 12.6 Å². The number of carbonyl (C=O) groups is 1. The van der Waals surface area contributed by atoms with Gasteiger partial charge in [-0.15, -0.1) is 0 Å². The summed E-state index contributed by atoms with van der Waals surface area (Å²) in [4.78, 5) is 12.8. The maximum Gasteiger partial charge on any atom is 0.314 e. The zero-order chi connectivity index (χ0) is 26.2. The Morgan fingerprint density at radius 1 is 0.811 bits per heavy atom. The minimum absolute atomic E-state index is 0.148. The fraction of sp³-hybridized carbons (Fsp3) is 0.656. The Morgan fingerprint density at radius 2 is 1.41 bits per heavy atom. The quantitative estimate of drug-likeness (QED) is 0.188. The van der Waals surface area contributed by atoms with Crippen molar-refractivity contribution in [1.29, 1.82) is 0 Å². The molecular formula is C32H44F2O3. The van der Waals surface area contributed by atoms with Gasteiger partial charge in [0.25, 0.3) is 0 Å². The van der Waals surface area contributed by atoms with E-state index in [4.69, 9.17) is 9.47 Å². The largest absolute Gasteiger partial charge is 0.486 e. The van der Waals surface area contributed by atoms with Gasteiger partial charge in [-0.2, -0.15) is 8.78 Å². The number of carbonyl (C=O) groups excluding carboxylic acids is 1. The SMILES string of the molecule is C/C=C/CCC1CCC2CC(C3CCC(C(=O)Oc4ccc(OC/C=C/C)c(F)c4F)CC3)CCC2C1. The molecule has 0 amide bonds. The van der Waals surface area contributed by atoms with E-state index in [1.54, 1.807) is 12.2 Å². The maximum atomic E-state index is 14.5. The molecule has 3 saturated carbocycles. The molecule has 3 aliphatic carbocycles. The lowest BCUT2D eigenvalue weighted by atomic mass is 9.60. The molecule has 3 nitrogen and oxygen atoms in total. The van der Waals surface area contributed by atoms with Gasteiger partial charge < -0.3 is 9.47 Å². The van der Waals surface area contributed by atoms with Crippen molar-refractivity contribution in [3.8, 4) is 11.5 Å². The number of hydrogen-bond donors (Lipinski definition) is 0. The van der Waals surface area contributed by atoms with Gasteiger partial charge in [0.15, 0.2) is 11.5 Å². The van der Waals surface area contributed by atoms with E-state index in [1.807, 2.05) is 6.92 Å². The van der Waals surface area contributed by atoms with Gasteiger partial charge in [-0.1, -0.05) is 30.7 Å². The number of hydrogen-bond acceptors (Lipinski definition) is 3. The van der Waals surface area contributed by atoms with E-state index in [0.29, 0.717) is 5.92 Å². The summed E-state index contributed by atoms with van der Waals surface area (Å²) < 4.78 is 39.4. The fourth-order valence-corrected chi connectivity index (χ4v) is 7.17. The van der Waals surface area contributed by atoms with Crippen molar-refractivity contribution in [3.05, 3.63) is 48.1 Å². The average Bonchev–Trinajstić information content (AvgIpc) is 2.92. The first-order chi connectivity index (χ1) is 18.0. The van der Waals surface area contributed by atoms with Crippen LogP contribution in [0.3, 0.4) is 0 Å². The zero-order valence-corrected chi connectivity index (χ0v) is 22.6. The van der Waals surface area contributed by atoms with Gasteiger partial charge in [0.1, 0.15) is 6.61 Å². The summed E-state index contributed by atoms with van der Waals surface area (Å²) in [5.41, 5.74) is 0. The Balaban J connectivity index is 1.22. The van der Waals surface area contributed by atoms with E-state index in [9.17, 15) is 13.6 Å². The van der Waals surface area contributed by atoms with Crippen LogP contribution in [0.25, 0.3) is 0 Å². The number of allylic oxidation sites excluding steroid dienone is 3. The lowest BCUT2D eigenvalue weighted by Crippen LogP contribution is -2.35. The molecule has 204 valence electrons. The van der Waals surface area contributed by atoms with Crippen molar-refractivity contribution in [1.82, 2.24) is 0 Å². The van der Waals surface area contributed by atoms with E-state index in [1.165, 1.54) is 63.5 Å². The summed E-state index contributed by atoms with van der Waals surface area (Å²) in [6, 6.07) is 2.59. The standard InChI is InChI=1S/C32H44F2O3/c1-3-5-7-8-22-9-10-27-21-26(16-15-25(27)20-22)23-11-13-24(14-12-23)32(35)37-29-18-17-28(30(33)31(29)34)36-19-6-4-2/h3-6,17-18,22-27H,7-16,19-21H2,1-2H3/b5-3+,6-4+. The van der Waals surface area contributed by atoms with Crippen LogP contribution in [0.2, 0.25) is 0 Å². The molecular weight excluding hydrogens is 470 g/mol. The van der Waals surface area contributed by atoms with E-state index in [-0.39, 0.29) is 24.0 Å². The fourth-order valence-electron chi connectivity index (χ4n) is 7.17. The molecule has 4 atom stereocenters. The molecule has 37 heavy (non-hydrogen) atoms. The molecule has 1 aromatic rings. The van der Waals surface area contributed by atoms with Crippen molar-refractivity contribution in [2.24, 2.45) is 35.5 Å². The summed E-state index contributed by atoms with van der Waals surface area (Å²) in [5, 5.41) is 0. The molecule has 4 unspecified atom stereocenters. The van der Waals surface area contributed by atoms with E-state index >= 15 is 0 Å². The first-order valence-corrected chi connectivity index (χ1v) is 14.5. The van der Waals surface area contributed by atoms with Gasteiger partial charge in [0.2, 0.25) is 11.6 Å². The second-order valence-electron chi connectivity index (χ2n) is 11.5. The highest BCUT2D eigenvalue weighted by atomic mass is 19.2. The van der Waals surface area contributed by atoms with Gasteiger partial charge in [0, 0.05) is 0 Å². The maximum absolute atomic E-state index is 14.5. The first-order valence-electron chi connectivity index (χ1n) is 14.5. The number of fused-ring (bicyclic) bond motifs is 1. The summed E-state index contributed by atoms with van der Waals surface area (Å²) in [6.45, 7) is 4.08. The molecule has 0 radical (unpaired) electrons. The Hall–Kier alpha value is -2.17. The van der Waals surface area contributed by atoms with Crippen molar-refractivity contribution < 1.29 is 23.0 Å². The minimum Gasteiger partial charge on any atom is -0.486 e. The molecule has 0 saturated heterocycles. The normalized spacial score (nSPS) is 30.4. The Bertz CT molecular complexity index is 948. The number of halogens is 2. The number of ether oxygens (including phenoxy) is 2.